The van der Waals surface area contributed by atoms with E-state index in [0.717, 1.165) is 0 Å². The largest absolute Gasteiger partial charge is 0.394 e. The molecule has 1 heterocycles. The summed E-state index contributed by atoms with van der Waals surface area (Å²) in [7, 11) is 0. The Morgan fingerprint density at radius 2 is 1.95 bits per heavy atom. The average Bonchev–Trinajstić information content (AvgIpc) is 2.49. The Kier molecular flexibility index (Phi) is 4.79. The first-order chi connectivity index (χ1) is 10.0. The van der Waals surface area contributed by atoms with Crippen molar-refractivity contribution in [1.82, 2.24) is 0 Å². The summed E-state index contributed by atoms with van der Waals surface area (Å²) in [6.07, 6.45) is -4.36. The number of hydrogen-bond donors (Lipinski definition) is 4. The number of azide groups is 1. The molecular formula is C13H17N3O5. The third-order valence-electron chi connectivity index (χ3n) is 3.65. The van der Waals surface area contributed by atoms with Crippen molar-refractivity contribution in [2.24, 2.45) is 5.11 Å². The van der Waals surface area contributed by atoms with Gasteiger partial charge in [-0.15, -0.1) is 0 Å². The van der Waals surface area contributed by atoms with E-state index in [2.05, 4.69) is 10.0 Å². The van der Waals surface area contributed by atoms with Crippen molar-refractivity contribution in [2.45, 2.75) is 36.6 Å². The van der Waals surface area contributed by atoms with Crippen LogP contribution in [0.1, 0.15) is 5.56 Å². The van der Waals surface area contributed by atoms with Crippen molar-refractivity contribution in [1.29, 1.82) is 0 Å². The molecule has 2 rings (SSSR count). The number of nitrogens with zero attached hydrogens (tertiary/aromatic N) is 3. The molecule has 0 aromatic heterocycles. The third-order valence-corrected chi connectivity index (χ3v) is 3.65. The molecule has 1 aliphatic heterocycles. The molecule has 5 atom stereocenters. The maximum Gasteiger partial charge on any atom is 0.166 e. The van der Waals surface area contributed by atoms with Crippen molar-refractivity contribution < 1.29 is 25.2 Å². The van der Waals surface area contributed by atoms with Crippen molar-refractivity contribution in [2.75, 3.05) is 6.61 Å². The smallest absolute Gasteiger partial charge is 0.166 e. The topological polar surface area (TPSA) is 139 Å². The molecule has 1 aliphatic rings. The first-order valence-electron chi connectivity index (χ1n) is 6.46. The number of rotatable bonds is 4. The minimum absolute atomic E-state index is 0.0599. The summed E-state index contributed by atoms with van der Waals surface area (Å²) in [6, 6.07) is 7.38. The molecule has 1 saturated heterocycles. The molecule has 1 aromatic carbocycles. The highest BCUT2D eigenvalue weighted by molar-refractivity contribution is 5.20. The van der Waals surface area contributed by atoms with Crippen LogP contribution >= 0.6 is 0 Å². The average molecular weight is 295 g/mol. The van der Waals surface area contributed by atoms with Gasteiger partial charge in [0.05, 0.1) is 6.61 Å². The molecule has 8 nitrogen and oxygen atoms in total. The molecule has 0 aliphatic carbocycles. The summed E-state index contributed by atoms with van der Waals surface area (Å²) >= 11 is 0. The molecule has 1 aromatic rings. The van der Waals surface area contributed by atoms with Crippen molar-refractivity contribution in [3.63, 3.8) is 0 Å². The van der Waals surface area contributed by atoms with Gasteiger partial charge in [0.1, 0.15) is 23.9 Å². The third kappa shape index (κ3) is 3.01. The lowest BCUT2D eigenvalue weighted by atomic mass is 9.78. The van der Waals surface area contributed by atoms with Crippen LogP contribution in [0.5, 0.6) is 0 Å². The van der Waals surface area contributed by atoms with Gasteiger partial charge in [0.2, 0.25) is 0 Å². The second-order valence-electron chi connectivity index (χ2n) is 5.00. The van der Waals surface area contributed by atoms with Crippen LogP contribution in [-0.4, -0.2) is 57.2 Å². The van der Waals surface area contributed by atoms with E-state index in [1.165, 1.54) is 0 Å². The molecule has 0 radical (unpaired) electrons. The van der Waals surface area contributed by atoms with E-state index in [4.69, 9.17) is 10.3 Å². The highest BCUT2D eigenvalue weighted by Crippen LogP contribution is 2.34. The molecule has 21 heavy (non-hydrogen) atoms. The Morgan fingerprint density at radius 1 is 1.29 bits per heavy atom. The monoisotopic (exact) mass is 295 g/mol. The van der Waals surface area contributed by atoms with Gasteiger partial charge in [-0.05, 0) is 11.1 Å². The fraction of sp³-hybridized carbons (Fsp3) is 0.538. The Balaban J connectivity index is 2.38. The lowest BCUT2D eigenvalue weighted by molar-refractivity contribution is -0.281. The molecular weight excluding hydrogens is 278 g/mol. The van der Waals surface area contributed by atoms with Gasteiger partial charge in [0.25, 0.3) is 0 Å². The summed E-state index contributed by atoms with van der Waals surface area (Å²) in [5.74, 6) is 0. The molecule has 1 fully saturated rings. The lowest BCUT2D eigenvalue weighted by Crippen LogP contribution is -2.67. The predicted molar refractivity (Wildman–Crippen MR) is 72.0 cm³/mol. The van der Waals surface area contributed by atoms with Gasteiger partial charge in [0, 0.05) is 11.3 Å². The first-order valence-corrected chi connectivity index (χ1v) is 6.46. The number of ether oxygens (including phenoxy) is 1. The van der Waals surface area contributed by atoms with E-state index in [9.17, 15) is 20.4 Å². The summed E-state index contributed by atoms with van der Waals surface area (Å²) in [5, 5.41) is 43.4. The minimum Gasteiger partial charge on any atom is -0.394 e. The van der Waals surface area contributed by atoms with Crippen LogP contribution in [0.2, 0.25) is 0 Å². The molecule has 0 amide bonds. The lowest BCUT2D eigenvalue weighted by Gasteiger charge is -2.47. The van der Waals surface area contributed by atoms with E-state index < -0.39 is 36.7 Å². The van der Waals surface area contributed by atoms with Crippen LogP contribution in [-0.2, 0) is 11.2 Å². The van der Waals surface area contributed by atoms with Crippen LogP contribution in [0.25, 0.3) is 10.4 Å². The second-order valence-corrected chi connectivity index (χ2v) is 5.00. The molecule has 0 unspecified atom stereocenters. The van der Waals surface area contributed by atoms with E-state index in [0.29, 0.717) is 5.56 Å². The van der Waals surface area contributed by atoms with Crippen LogP contribution in [0.15, 0.2) is 35.4 Å². The number of aliphatic hydroxyl groups excluding tert-OH is 3. The van der Waals surface area contributed by atoms with Crippen molar-refractivity contribution >= 4 is 0 Å². The van der Waals surface area contributed by atoms with Crippen LogP contribution in [0, 0.1) is 0 Å². The fourth-order valence-corrected chi connectivity index (χ4v) is 2.56. The predicted octanol–water partition coefficient (Wildman–Crippen LogP) is -0.291. The molecule has 0 spiro atoms. The zero-order chi connectivity index (χ0) is 15.5. The van der Waals surface area contributed by atoms with Gasteiger partial charge in [-0.3, -0.25) is 0 Å². The van der Waals surface area contributed by atoms with Gasteiger partial charge < -0.3 is 25.2 Å². The van der Waals surface area contributed by atoms with Crippen LogP contribution in [0.4, 0.5) is 0 Å². The van der Waals surface area contributed by atoms with E-state index in [1.807, 2.05) is 0 Å². The SMILES string of the molecule is [N-]=[N+]=N[C@@H]1[C@@H](O)O[C@H](CO)[C@@H](O)[C@@]1(O)Cc1ccccc1. The minimum atomic E-state index is -1.95. The Labute approximate surface area is 120 Å². The standard InChI is InChI=1S/C13H17N3O5/c14-16-15-10-12(19)21-9(7-17)11(18)13(10,20)6-8-4-2-1-3-5-8/h1-5,9-12,17-20H,6-7H2/t9-,10-,11-,12+,13-/m1/s1. The van der Waals surface area contributed by atoms with Gasteiger partial charge in [-0.2, -0.15) is 0 Å². The Bertz CT molecular complexity index is 522. The maximum absolute atomic E-state index is 10.8. The first kappa shape index (κ1) is 15.7. The van der Waals surface area contributed by atoms with Crippen LogP contribution < -0.4 is 0 Å². The summed E-state index contributed by atoms with van der Waals surface area (Å²) in [4.78, 5) is 2.58. The summed E-state index contributed by atoms with van der Waals surface area (Å²) in [6.45, 7) is -0.585. The van der Waals surface area contributed by atoms with Gasteiger partial charge in [-0.25, -0.2) is 0 Å². The zero-order valence-electron chi connectivity index (χ0n) is 11.1. The molecule has 114 valence electrons. The maximum atomic E-state index is 10.8. The van der Waals surface area contributed by atoms with Crippen molar-refractivity contribution in [3.8, 4) is 0 Å². The van der Waals surface area contributed by atoms with Gasteiger partial charge in [-0.1, -0.05) is 35.4 Å². The van der Waals surface area contributed by atoms with Crippen molar-refractivity contribution in [3.05, 3.63) is 46.3 Å². The quantitative estimate of drug-likeness (QED) is 0.343. The molecule has 4 N–H and O–H groups in total. The second kappa shape index (κ2) is 6.40. The number of hydrogen-bond acceptors (Lipinski definition) is 6. The highest BCUT2D eigenvalue weighted by Gasteiger charge is 2.54. The Morgan fingerprint density at radius 3 is 2.52 bits per heavy atom. The van der Waals surface area contributed by atoms with Gasteiger partial charge in [0.15, 0.2) is 6.29 Å². The Hall–Kier alpha value is -1.67. The molecule has 0 saturated carbocycles. The summed E-state index contributed by atoms with van der Waals surface area (Å²) < 4.78 is 4.98. The molecule has 0 bridgehead atoms. The van der Waals surface area contributed by atoms with E-state index in [-0.39, 0.29) is 6.42 Å². The highest BCUT2D eigenvalue weighted by atomic mass is 16.6. The number of aliphatic hydroxyl groups is 4. The van der Waals surface area contributed by atoms with Gasteiger partial charge >= 0.3 is 0 Å². The summed E-state index contributed by atoms with van der Waals surface area (Å²) in [5.41, 5.74) is 7.33. The van der Waals surface area contributed by atoms with E-state index in [1.54, 1.807) is 30.3 Å². The zero-order valence-corrected chi connectivity index (χ0v) is 11.1. The molecule has 8 heteroatoms. The van der Waals surface area contributed by atoms with Crippen LogP contribution in [0.3, 0.4) is 0 Å². The fourth-order valence-electron chi connectivity index (χ4n) is 2.56. The van der Waals surface area contributed by atoms with E-state index >= 15 is 0 Å². The normalized spacial score (nSPS) is 36.0. The number of benzene rings is 1.